The Balaban J connectivity index is 2.07. The van der Waals surface area contributed by atoms with E-state index in [0.29, 0.717) is 11.0 Å². The van der Waals surface area contributed by atoms with E-state index in [-0.39, 0.29) is 0 Å². The van der Waals surface area contributed by atoms with Crippen molar-refractivity contribution in [2.75, 3.05) is 12.9 Å². The Morgan fingerprint density at radius 2 is 2.00 bits per heavy atom. The summed E-state index contributed by atoms with van der Waals surface area (Å²) in [5.41, 5.74) is 1.33. The first-order valence-corrected chi connectivity index (χ1v) is 7.73. The maximum atomic E-state index is 11.3. The second kappa shape index (κ2) is 5.75. The van der Waals surface area contributed by atoms with E-state index >= 15 is 0 Å². The minimum Gasteiger partial charge on any atom is -0.437 e. The molecule has 1 heterocycles. The first-order chi connectivity index (χ1) is 9.79. The van der Waals surface area contributed by atoms with Crippen LogP contribution in [0.4, 0.5) is 4.79 Å². The van der Waals surface area contributed by atoms with Crippen molar-refractivity contribution in [3.05, 3.63) is 42.0 Å². The molecule has 0 radical (unpaired) electrons. The minimum atomic E-state index is -0.682. The van der Waals surface area contributed by atoms with Crippen LogP contribution in [0.1, 0.15) is 23.7 Å². The number of hydrogen-bond donors (Lipinski definition) is 0. The Hall–Kier alpha value is -1.68. The molecule has 0 bridgehead atoms. The standard InChI is InChI=1S/C16H16O3S/c1-18-16(17)19-14-9-8-13(15-7-4-10-20-15)11-5-2-3-6-12(11)14/h2-3,5-6,8-9,15H,4,7,10H2,1H3. The molecule has 1 atom stereocenters. The van der Waals surface area contributed by atoms with Crippen LogP contribution in [0.5, 0.6) is 5.75 Å². The van der Waals surface area contributed by atoms with Gasteiger partial charge in [-0.15, -0.1) is 0 Å². The Bertz CT molecular complexity index is 633. The summed E-state index contributed by atoms with van der Waals surface area (Å²) in [5.74, 6) is 1.78. The van der Waals surface area contributed by atoms with E-state index in [1.807, 2.05) is 36.0 Å². The normalized spacial score (nSPS) is 18.1. The predicted molar refractivity (Wildman–Crippen MR) is 81.4 cm³/mol. The van der Waals surface area contributed by atoms with Crippen molar-refractivity contribution in [3.63, 3.8) is 0 Å². The zero-order chi connectivity index (χ0) is 13.9. The number of benzene rings is 2. The van der Waals surface area contributed by atoms with Crippen molar-refractivity contribution >= 4 is 28.7 Å². The van der Waals surface area contributed by atoms with Crippen LogP contribution >= 0.6 is 11.8 Å². The first-order valence-electron chi connectivity index (χ1n) is 6.68. The van der Waals surface area contributed by atoms with E-state index in [0.717, 1.165) is 10.8 Å². The minimum absolute atomic E-state index is 0.548. The fourth-order valence-electron chi connectivity index (χ4n) is 2.62. The number of fused-ring (bicyclic) bond motifs is 1. The molecule has 0 N–H and O–H groups in total. The van der Waals surface area contributed by atoms with Crippen LogP contribution in [-0.2, 0) is 4.74 Å². The largest absolute Gasteiger partial charge is 0.513 e. The van der Waals surface area contributed by atoms with Gasteiger partial charge in [0.2, 0.25) is 0 Å². The second-order valence-electron chi connectivity index (χ2n) is 4.76. The van der Waals surface area contributed by atoms with Crippen molar-refractivity contribution < 1.29 is 14.3 Å². The Morgan fingerprint density at radius 3 is 2.70 bits per heavy atom. The fourth-order valence-corrected chi connectivity index (χ4v) is 3.96. The lowest BCUT2D eigenvalue weighted by Crippen LogP contribution is -2.07. The van der Waals surface area contributed by atoms with E-state index in [1.165, 1.54) is 31.3 Å². The van der Waals surface area contributed by atoms with Crippen LogP contribution in [0.25, 0.3) is 10.8 Å². The zero-order valence-electron chi connectivity index (χ0n) is 11.3. The molecule has 1 unspecified atom stereocenters. The molecular weight excluding hydrogens is 272 g/mol. The summed E-state index contributed by atoms with van der Waals surface area (Å²) in [6.45, 7) is 0. The molecule has 4 heteroatoms. The number of rotatable bonds is 2. The highest BCUT2D eigenvalue weighted by molar-refractivity contribution is 7.99. The average molecular weight is 288 g/mol. The molecule has 104 valence electrons. The van der Waals surface area contributed by atoms with E-state index in [9.17, 15) is 4.79 Å². The molecular formula is C16H16O3S. The van der Waals surface area contributed by atoms with Crippen molar-refractivity contribution in [1.29, 1.82) is 0 Å². The summed E-state index contributed by atoms with van der Waals surface area (Å²) in [7, 11) is 1.31. The third-order valence-electron chi connectivity index (χ3n) is 3.55. The molecule has 2 aromatic rings. The highest BCUT2D eigenvalue weighted by atomic mass is 32.2. The second-order valence-corrected chi connectivity index (χ2v) is 6.07. The third kappa shape index (κ3) is 2.48. The molecule has 20 heavy (non-hydrogen) atoms. The summed E-state index contributed by atoms with van der Waals surface area (Å²) < 4.78 is 9.79. The van der Waals surface area contributed by atoms with Crippen molar-refractivity contribution in [1.82, 2.24) is 0 Å². The molecule has 0 aliphatic carbocycles. The third-order valence-corrected chi connectivity index (χ3v) is 4.97. The van der Waals surface area contributed by atoms with Gasteiger partial charge in [0.15, 0.2) is 0 Å². The fraction of sp³-hybridized carbons (Fsp3) is 0.312. The van der Waals surface area contributed by atoms with E-state index in [4.69, 9.17) is 4.74 Å². The van der Waals surface area contributed by atoms with Gasteiger partial charge in [-0.3, -0.25) is 0 Å². The average Bonchev–Trinajstić information content (AvgIpc) is 3.01. The molecule has 0 spiro atoms. The summed E-state index contributed by atoms with van der Waals surface area (Å²) in [5, 5.41) is 2.67. The number of thioether (sulfide) groups is 1. The molecule has 1 aliphatic heterocycles. The van der Waals surface area contributed by atoms with Gasteiger partial charge in [-0.2, -0.15) is 11.8 Å². The van der Waals surface area contributed by atoms with Crippen LogP contribution in [0.2, 0.25) is 0 Å². The Labute approximate surface area is 122 Å². The smallest absolute Gasteiger partial charge is 0.437 e. The van der Waals surface area contributed by atoms with Crippen LogP contribution in [0.15, 0.2) is 36.4 Å². The molecule has 0 aromatic heterocycles. The van der Waals surface area contributed by atoms with Gasteiger partial charge in [-0.05, 0) is 35.6 Å². The molecule has 1 aliphatic rings. The molecule has 1 saturated heterocycles. The summed E-state index contributed by atoms with van der Waals surface area (Å²) in [6.07, 6.45) is 1.80. The topological polar surface area (TPSA) is 35.5 Å². The van der Waals surface area contributed by atoms with Crippen LogP contribution in [-0.4, -0.2) is 19.0 Å². The number of ether oxygens (including phenoxy) is 2. The van der Waals surface area contributed by atoms with E-state index < -0.39 is 6.16 Å². The Kier molecular flexibility index (Phi) is 3.83. The highest BCUT2D eigenvalue weighted by Crippen LogP contribution is 2.44. The van der Waals surface area contributed by atoms with Gasteiger partial charge in [-0.25, -0.2) is 4.79 Å². The van der Waals surface area contributed by atoms with Gasteiger partial charge in [-0.1, -0.05) is 30.3 Å². The molecule has 1 fully saturated rings. The van der Waals surface area contributed by atoms with Gasteiger partial charge in [0.1, 0.15) is 5.75 Å². The number of hydrogen-bond acceptors (Lipinski definition) is 4. The summed E-state index contributed by atoms with van der Waals surface area (Å²) in [6, 6.07) is 12.0. The SMILES string of the molecule is COC(=O)Oc1ccc(C2CCCS2)c2ccccc12. The number of carbonyl (C=O) groups excluding carboxylic acids is 1. The lowest BCUT2D eigenvalue weighted by atomic mass is 9.99. The van der Waals surface area contributed by atoms with Crippen molar-refractivity contribution in [2.24, 2.45) is 0 Å². The Morgan fingerprint density at radius 1 is 1.20 bits per heavy atom. The van der Waals surface area contributed by atoms with Gasteiger partial charge in [0.05, 0.1) is 7.11 Å². The van der Waals surface area contributed by atoms with Crippen molar-refractivity contribution in [3.8, 4) is 5.75 Å². The molecule has 3 nitrogen and oxygen atoms in total. The quantitative estimate of drug-likeness (QED) is 0.600. The van der Waals surface area contributed by atoms with Gasteiger partial charge in [0.25, 0.3) is 0 Å². The molecule has 0 amide bonds. The molecule has 3 rings (SSSR count). The van der Waals surface area contributed by atoms with Crippen LogP contribution in [0, 0.1) is 0 Å². The summed E-state index contributed by atoms with van der Waals surface area (Å²) >= 11 is 2.00. The van der Waals surface area contributed by atoms with E-state index in [1.54, 1.807) is 0 Å². The van der Waals surface area contributed by atoms with Gasteiger partial charge in [0, 0.05) is 10.6 Å². The monoisotopic (exact) mass is 288 g/mol. The highest BCUT2D eigenvalue weighted by Gasteiger charge is 2.21. The van der Waals surface area contributed by atoms with E-state index in [2.05, 4.69) is 16.9 Å². The predicted octanol–water partition coefficient (Wildman–Crippen LogP) is 4.55. The lowest BCUT2D eigenvalue weighted by Gasteiger charge is -2.14. The van der Waals surface area contributed by atoms with Crippen molar-refractivity contribution in [2.45, 2.75) is 18.1 Å². The molecule has 2 aromatic carbocycles. The van der Waals surface area contributed by atoms with Gasteiger partial charge < -0.3 is 9.47 Å². The maximum Gasteiger partial charge on any atom is 0.513 e. The van der Waals surface area contributed by atoms with Crippen LogP contribution in [0.3, 0.4) is 0 Å². The number of methoxy groups -OCH3 is 1. The number of carbonyl (C=O) groups is 1. The zero-order valence-corrected chi connectivity index (χ0v) is 12.1. The summed E-state index contributed by atoms with van der Waals surface area (Å²) in [4.78, 5) is 11.3. The lowest BCUT2D eigenvalue weighted by molar-refractivity contribution is 0.122. The van der Waals surface area contributed by atoms with Gasteiger partial charge >= 0.3 is 6.16 Å². The van der Waals surface area contributed by atoms with Crippen LogP contribution < -0.4 is 4.74 Å². The first kappa shape index (κ1) is 13.3. The maximum absolute atomic E-state index is 11.3. The molecule has 0 saturated carbocycles.